The van der Waals surface area contributed by atoms with E-state index in [1.165, 1.54) is 0 Å². The third-order valence-electron chi connectivity index (χ3n) is 8.21. The van der Waals surface area contributed by atoms with E-state index in [-0.39, 0.29) is 12.5 Å². The van der Waals surface area contributed by atoms with Crippen molar-refractivity contribution < 1.29 is 9.47 Å². The molecule has 2 aromatic heterocycles. The van der Waals surface area contributed by atoms with Crippen LogP contribution in [0.2, 0.25) is 0 Å². The van der Waals surface area contributed by atoms with Crippen LogP contribution in [0.4, 0.5) is 0 Å². The lowest BCUT2D eigenvalue weighted by atomic mass is 9.35. The van der Waals surface area contributed by atoms with Gasteiger partial charge < -0.3 is 9.47 Å². The minimum Gasteiger partial charge on any atom is -0.458 e. The molecule has 4 heterocycles. The van der Waals surface area contributed by atoms with Crippen molar-refractivity contribution in [2.45, 2.75) is 0 Å². The van der Waals surface area contributed by atoms with E-state index in [1.807, 2.05) is 78.9 Å². The van der Waals surface area contributed by atoms with Crippen molar-refractivity contribution in [1.29, 1.82) is 5.26 Å². The molecular formula is C35H19BN4O2. The van der Waals surface area contributed by atoms with Gasteiger partial charge in [-0.3, -0.25) is 4.57 Å². The first-order valence-corrected chi connectivity index (χ1v) is 13.8. The number of nitrogens with zero attached hydrogens (tertiary/aromatic N) is 4. The zero-order valence-electron chi connectivity index (χ0n) is 22.2. The molecule has 0 aliphatic carbocycles. The molecule has 9 rings (SSSR count). The van der Waals surface area contributed by atoms with Gasteiger partial charge in [0.2, 0.25) is 5.82 Å². The molecule has 0 saturated carbocycles. The van der Waals surface area contributed by atoms with Crippen molar-refractivity contribution in [1.82, 2.24) is 14.5 Å². The Morgan fingerprint density at radius 1 is 0.619 bits per heavy atom. The molecule has 42 heavy (non-hydrogen) atoms. The molecule has 0 N–H and O–H groups in total. The summed E-state index contributed by atoms with van der Waals surface area (Å²) in [6.07, 6.45) is 0. The zero-order valence-corrected chi connectivity index (χ0v) is 22.2. The number of aromatic nitrogens is 3. The van der Waals surface area contributed by atoms with Crippen molar-refractivity contribution in [2.24, 2.45) is 0 Å². The largest absolute Gasteiger partial charge is 0.458 e. The third kappa shape index (κ3) is 3.21. The number of hydrogen-bond donors (Lipinski definition) is 0. The molecule has 7 aromatic rings. The summed E-state index contributed by atoms with van der Waals surface area (Å²) < 4.78 is 15.1. The van der Waals surface area contributed by atoms with E-state index in [2.05, 4.69) is 57.0 Å². The molecular weight excluding hydrogens is 519 g/mol. The monoisotopic (exact) mass is 538 g/mol. The summed E-state index contributed by atoms with van der Waals surface area (Å²) in [6, 6.07) is 40.8. The van der Waals surface area contributed by atoms with E-state index in [9.17, 15) is 5.26 Å². The number of benzene rings is 5. The summed E-state index contributed by atoms with van der Waals surface area (Å²) in [4.78, 5) is 9.31. The first kappa shape index (κ1) is 22.9. The average Bonchev–Trinajstić information content (AvgIpc) is 3.38. The Hall–Kier alpha value is -5.87. The fourth-order valence-corrected chi connectivity index (χ4v) is 6.46. The SMILES string of the molecule is N#Cc1nc(-c2cc3c4c(c2)Oc2ccccc2B4c2ccccc2O3)cc(-n2c3ccccc3c3ccccc32)n1. The van der Waals surface area contributed by atoms with E-state index in [4.69, 9.17) is 9.47 Å². The number of nitriles is 1. The second-order valence-electron chi connectivity index (χ2n) is 10.5. The predicted octanol–water partition coefficient (Wildman–Crippen LogP) is 5.84. The van der Waals surface area contributed by atoms with Crippen molar-refractivity contribution in [3.05, 3.63) is 121 Å². The Balaban J connectivity index is 1.28. The van der Waals surface area contributed by atoms with E-state index in [1.54, 1.807) is 0 Å². The van der Waals surface area contributed by atoms with Crippen LogP contribution >= 0.6 is 0 Å². The topological polar surface area (TPSA) is 73.0 Å². The lowest BCUT2D eigenvalue weighted by Crippen LogP contribution is -2.57. The van der Waals surface area contributed by atoms with Gasteiger partial charge in [-0.2, -0.15) is 5.26 Å². The average molecular weight is 538 g/mol. The highest BCUT2D eigenvalue weighted by Crippen LogP contribution is 2.38. The fourth-order valence-electron chi connectivity index (χ4n) is 6.46. The van der Waals surface area contributed by atoms with Crippen molar-refractivity contribution in [3.63, 3.8) is 0 Å². The summed E-state index contributed by atoms with van der Waals surface area (Å²) in [6.45, 7) is -0.00724. The predicted molar refractivity (Wildman–Crippen MR) is 164 cm³/mol. The first-order valence-electron chi connectivity index (χ1n) is 13.8. The van der Waals surface area contributed by atoms with Crippen LogP contribution in [0, 0.1) is 11.3 Å². The van der Waals surface area contributed by atoms with Crippen LogP contribution in [-0.4, -0.2) is 21.2 Å². The van der Waals surface area contributed by atoms with Crippen molar-refractivity contribution >= 4 is 44.9 Å². The molecule has 194 valence electrons. The fraction of sp³-hybridized carbons (Fsp3) is 0. The van der Waals surface area contributed by atoms with E-state index >= 15 is 0 Å². The summed E-state index contributed by atoms with van der Waals surface area (Å²) in [5.41, 5.74) is 6.62. The molecule has 0 fully saturated rings. The van der Waals surface area contributed by atoms with Gasteiger partial charge in [-0.15, -0.1) is 0 Å². The van der Waals surface area contributed by atoms with Crippen LogP contribution in [0.1, 0.15) is 5.82 Å². The number of rotatable bonds is 2. The minimum atomic E-state index is -0.00724. The molecule has 2 aliphatic rings. The van der Waals surface area contributed by atoms with Crippen molar-refractivity contribution in [3.8, 4) is 46.1 Å². The molecule has 0 amide bonds. The Morgan fingerprint density at radius 2 is 1.17 bits per heavy atom. The number of para-hydroxylation sites is 4. The molecule has 2 aliphatic heterocycles. The van der Waals surface area contributed by atoms with Gasteiger partial charge in [0.25, 0.3) is 6.71 Å². The quantitative estimate of drug-likeness (QED) is 0.259. The van der Waals surface area contributed by atoms with Gasteiger partial charge in [0.05, 0.1) is 16.7 Å². The van der Waals surface area contributed by atoms with Crippen LogP contribution in [0.3, 0.4) is 0 Å². The highest BCUT2D eigenvalue weighted by atomic mass is 16.5. The lowest BCUT2D eigenvalue weighted by Gasteiger charge is -2.33. The first-order chi connectivity index (χ1) is 20.8. The van der Waals surface area contributed by atoms with Gasteiger partial charge in [0.1, 0.15) is 34.9 Å². The van der Waals surface area contributed by atoms with Gasteiger partial charge in [-0.05, 0) is 47.3 Å². The standard InChI is InChI=1S/C35H19BN4O2/c37-20-33-38-26(19-34(39-33)40-27-13-5-1-9-22(27)23-10-2-6-14-28(23)40)21-17-31-35-32(18-21)42-30-16-8-4-12-25(30)36(35)24-11-3-7-15-29(24)41-31/h1-19H. The molecule has 0 spiro atoms. The molecule has 6 nitrogen and oxygen atoms in total. The Morgan fingerprint density at radius 3 is 1.76 bits per heavy atom. The smallest absolute Gasteiger partial charge is 0.260 e. The summed E-state index contributed by atoms with van der Waals surface area (Å²) in [5, 5.41) is 12.2. The van der Waals surface area contributed by atoms with Gasteiger partial charge in [0.15, 0.2) is 0 Å². The van der Waals surface area contributed by atoms with Gasteiger partial charge >= 0.3 is 0 Å². The van der Waals surface area contributed by atoms with Crippen LogP contribution in [0.5, 0.6) is 23.0 Å². The van der Waals surface area contributed by atoms with E-state index in [0.717, 1.165) is 66.8 Å². The Kier molecular flexibility index (Phi) is 4.67. The third-order valence-corrected chi connectivity index (χ3v) is 8.21. The molecule has 0 atom stereocenters. The number of hydrogen-bond acceptors (Lipinski definition) is 5. The van der Waals surface area contributed by atoms with Crippen LogP contribution in [0.25, 0.3) is 38.9 Å². The maximum absolute atomic E-state index is 9.98. The molecule has 7 heteroatoms. The second kappa shape index (κ2) is 8.57. The molecule has 0 radical (unpaired) electrons. The Bertz CT molecular complexity index is 2180. The maximum Gasteiger partial charge on any atom is 0.260 e. The highest BCUT2D eigenvalue weighted by molar-refractivity contribution is 6.98. The van der Waals surface area contributed by atoms with Gasteiger partial charge in [-0.1, -0.05) is 72.8 Å². The molecule has 0 bridgehead atoms. The van der Waals surface area contributed by atoms with E-state index < -0.39 is 0 Å². The summed E-state index contributed by atoms with van der Waals surface area (Å²) in [5.74, 6) is 3.79. The number of fused-ring (bicyclic) bond motifs is 7. The maximum atomic E-state index is 9.98. The van der Waals surface area contributed by atoms with Crippen LogP contribution in [0.15, 0.2) is 115 Å². The van der Waals surface area contributed by atoms with Crippen molar-refractivity contribution in [2.75, 3.05) is 0 Å². The van der Waals surface area contributed by atoms with Crippen LogP contribution in [-0.2, 0) is 0 Å². The van der Waals surface area contributed by atoms with Gasteiger partial charge in [0, 0.05) is 27.9 Å². The molecule has 0 saturated heterocycles. The lowest BCUT2D eigenvalue weighted by molar-refractivity contribution is 0.465. The minimum absolute atomic E-state index is 0.00724. The Labute approximate surface area is 241 Å². The highest BCUT2D eigenvalue weighted by Gasteiger charge is 2.40. The second-order valence-corrected chi connectivity index (χ2v) is 10.5. The zero-order chi connectivity index (χ0) is 27.8. The van der Waals surface area contributed by atoms with Crippen LogP contribution < -0.4 is 25.9 Å². The normalized spacial score (nSPS) is 12.6. The molecule has 0 unspecified atom stereocenters. The summed E-state index contributed by atoms with van der Waals surface area (Å²) >= 11 is 0. The number of ether oxygens (including phenoxy) is 2. The molecule has 5 aromatic carbocycles. The van der Waals surface area contributed by atoms with E-state index in [0.29, 0.717) is 11.5 Å². The van der Waals surface area contributed by atoms with Gasteiger partial charge in [-0.25, -0.2) is 9.97 Å². The summed E-state index contributed by atoms with van der Waals surface area (Å²) in [7, 11) is 0.